The minimum absolute atomic E-state index is 0.0186. The van der Waals surface area contributed by atoms with E-state index in [-0.39, 0.29) is 18.3 Å². The number of piperidine rings is 1. The van der Waals surface area contributed by atoms with Crippen molar-refractivity contribution in [2.45, 2.75) is 31.9 Å². The molecule has 2 aromatic carbocycles. The maximum atomic E-state index is 12.4. The van der Waals surface area contributed by atoms with E-state index in [0.717, 1.165) is 37.1 Å². The Labute approximate surface area is 159 Å². The lowest BCUT2D eigenvalue weighted by atomic mass is 9.88. The number of carbonyl (C=O) groups excluding carboxylic acids is 1. The minimum atomic E-state index is -0.210. The van der Waals surface area contributed by atoms with Crippen molar-refractivity contribution >= 4 is 12.0 Å². The molecule has 1 aliphatic rings. The lowest BCUT2D eigenvalue weighted by molar-refractivity contribution is -0.126. The van der Waals surface area contributed by atoms with Crippen molar-refractivity contribution in [1.29, 1.82) is 0 Å². The van der Waals surface area contributed by atoms with Gasteiger partial charge in [-0.15, -0.1) is 0 Å². The summed E-state index contributed by atoms with van der Waals surface area (Å²) in [5, 5.41) is 18.9. The average Bonchev–Trinajstić information content (AvgIpc) is 2.72. The third-order valence-corrected chi connectivity index (χ3v) is 5.16. The Morgan fingerprint density at radius 3 is 2.63 bits per heavy atom. The zero-order valence-corrected chi connectivity index (χ0v) is 15.3. The van der Waals surface area contributed by atoms with Gasteiger partial charge in [-0.2, -0.15) is 0 Å². The predicted molar refractivity (Wildman–Crippen MR) is 106 cm³/mol. The number of aliphatic hydroxyl groups is 1. The summed E-state index contributed by atoms with van der Waals surface area (Å²) < 4.78 is 0. The van der Waals surface area contributed by atoms with Crippen LogP contribution in [0.4, 0.5) is 0 Å². The first kappa shape index (κ1) is 19.1. The molecule has 0 saturated carbocycles. The summed E-state index contributed by atoms with van der Waals surface area (Å²) in [5.41, 5.74) is 9.38. The van der Waals surface area contributed by atoms with E-state index in [9.17, 15) is 9.90 Å². The van der Waals surface area contributed by atoms with Crippen molar-refractivity contribution in [2.24, 2.45) is 5.73 Å². The molecule has 27 heavy (non-hydrogen) atoms. The molecule has 4 N–H and O–H groups in total. The van der Waals surface area contributed by atoms with Gasteiger partial charge in [-0.1, -0.05) is 36.4 Å². The second-order valence-corrected chi connectivity index (χ2v) is 6.93. The van der Waals surface area contributed by atoms with Gasteiger partial charge in [0.25, 0.3) is 0 Å². The van der Waals surface area contributed by atoms with E-state index in [1.54, 1.807) is 30.4 Å². The number of carbonyl (C=O) groups is 1. The Morgan fingerprint density at radius 2 is 1.96 bits per heavy atom. The number of phenols is 1. The van der Waals surface area contributed by atoms with Gasteiger partial charge in [0.05, 0.1) is 6.61 Å². The lowest BCUT2D eigenvalue weighted by Gasteiger charge is -2.31. The van der Waals surface area contributed by atoms with Crippen molar-refractivity contribution in [3.8, 4) is 5.75 Å². The number of hydrogen-bond acceptors (Lipinski definition) is 4. The predicted octanol–water partition coefficient (Wildman–Crippen LogP) is 2.76. The molecule has 0 bridgehead atoms. The highest BCUT2D eigenvalue weighted by Gasteiger charge is 2.22. The van der Waals surface area contributed by atoms with Crippen LogP contribution in [-0.4, -0.2) is 34.1 Å². The van der Waals surface area contributed by atoms with Crippen LogP contribution in [0, 0.1) is 0 Å². The average molecular weight is 366 g/mol. The fourth-order valence-corrected chi connectivity index (χ4v) is 3.50. The molecule has 5 heteroatoms. The summed E-state index contributed by atoms with van der Waals surface area (Å²) in [6.45, 7) is 1.80. The highest BCUT2D eigenvalue weighted by Crippen LogP contribution is 2.28. The first-order chi connectivity index (χ1) is 13.1. The van der Waals surface area contributed by atoms with Gasteiger partial charge >= 0.3 is 0 Å². The number of amides is 1. The SMILES string of the molecule is NCc1cccc(C2CCN(C(=O)C=Cc3ccc(CO)c(O)c3)CC2)c1. The van der Waals surface area contributed by atoms with Gasteiger partial charge in [0, 0.05) is 31.3 Å². The second kappa shape index (κ2) is 8.84. The highest BCUT2D eigenvalue weighted by atomic mass is 16.3. The first-order valence-corrected chi connectivity index (χ1v) is 9.29. The number of likely N-dealkylation sites (tertiary alicyclic amines) is 1. The Bertz CT molecular complexity index is 824. The molecule has 2 aromatic rings. The first-order valence-electron chi connectivity index (χ1n) is 9.29. The topological polar surface area (TPSA) is 86.8 Å². The highest BCUT2D eigenvalue weighted by molar-refractivity contribution is 5.91. The van der Waals surface area contributed by atoms with E-state index in [1.807, 2.05) is 11.0 Å². The second-order valence-electron chi connectivity index (χ2n) is 6.93. The summed E-state index contributed by atoms with van der Waals surface area (Å²) in [7, 11) is 0. The number of aliphatic hydroxyl groups excluding tert-OH is 1. The van der Waals surface area contributed by atoms with Crippen LogP contribution in [0.1, 0.15) is 41.0 Å². The molecule has 0 radical (unpaired) electrons. The number of nitrogens with zero attached hydrogens (tertiary/aromatic N) is 1. The van der Waals surface area contributed by atoms with Crippen LogP contribution in [-0.2, 0) is 17.9 Å². The summed E-state index contributed by atoms with van der Waals surface area (Å²) in [5.74, 6) is 0.481. The Balaban J connectivity index is 1.57. The zero-order chi connectivity index (χ0) is 19.2. The molecule has 1 saturated heterocycles. The molecule has 0 atom stereocenters. The van der Waals surface area contributed by atoms with Gasteiger partial charge < -0.3 is 20.8 Å². The number of rotatable bonds is 5. The molecule has 0 aromatic heterocycles. The monoisotopic (exact) mass is 366 g/mol. The number of nitrogens with two attached hydrogens (primary N) is 1. The number of aromatic hydroxyl groups is 1. The van der Waals surface area contributed by atoms with E-state index in [1.165, 1.54) is 5.56 Å². The van der Waals surface area contributed by atoms with Gasteiger partial charge in [0.15, 0.2) is 0 Å². The third-order valence-electron chi connectivity index (χ3n) is 5.16. The summed E-state index contributed by atoms with van der Waals surface area (Å²) in [4.78, 5) is 14.3. The number of hydrogen-bond donors (Lipinski definition) is 3. The lowest BCUT2D eigenvalue weighted by Crippen LogP contribution is -2.36. The molecule has 1 aliphatic heterocycles. The van der Waals surface area contributed by atoms with Gasteiger partial charge in [-0.05, 0) is 47.6 Å². The van der Waals surface area contributed by atoms with Gasteiger partial charge in [0.2, 0.25) is 5.91 Å². The van der Waals surface area contributed by atoms with Crippen molar-refractivity contribution < 1.29 is 15.0 Å². The Morgan fingerprint density at radius 1 is 1.19 bits per heavy atom. The van der Waals surface area contributed by atoms with Crippen LogP contribution < -0.4 is 5.73 Å². The molecule has 5 nitrogen and oxygen atoms in total. The normalized spacial score (nSPS) is 15.4. The van der Waals surface area contributed by atoms with E-state index >= 15 is 0 Å². The fraction of sp³-hybridized carbons (Fsp3) is 0.318. The van der Waals surface area contributed by atoms with Crippen LogP contribution in [0.15, 0.2) is 48.5 Å². The van der Waals surface area contributed by atoms with Crippen LogP contribution >= 0.6 is 0 Å². The zero-order valence-electron chi connectivity index (χ0n) is 15.3. The molecule has 1 amide bonds. The van der Waals surface area contributed by atoms with Crippen LogP contribution in [0.5, 0.6) is 5.75 Å². The van der Waals surface area contributed by atoms with Crippen LogP contribution in [0.2, 0.25) is 0 Å². The van der Waals surface area contributed by atoms with Gasteiger partial charge in [0.1, 0.15) is 5.75 Å². The molecular formula is C22H26N2O3. The van der Waals surface area contributed by atoms with E-state index in [4.69, 9.17) is 10.8 Å². The molecule has 0 aliphatic carbocycles. The van der Waals surface area contributed by atoms with Crippen LogP contribution in [0.3, 0.4) is 0 Å². The third kappa shape index (κ3) is 4.76. The van der Waals surface area contributed by atoms with Crippen LogP contribution in [0.25, 0.3) is 6.08 Å². The molecule has 0 unspecified atom stereocenters. The maximum absolute atomic E-state index is 12.4. The van der Waals surface area contributed by atoms with E-state index in [2.05, 4.69) is 18.2 Å². The Hall–Kier alpha value is -2.63. The smallest absolute Gasteiger partial charge is 0.246 e. The Kier molecular flexibility index (Phi) is 6.27. The van der Waals surface area contributed by atoms with Crippen molar-refractivity contribution in [3.63, 3.8) is 0 Å². The van der Waals surface area contributed by atoms with E-state index in [0.29, 0.717) is 18.0 Å². The maximum Gasteiger partial charge on any atom is 0.246 e. The van der Waals surface area contributed by atoms with Crippen molar-refractivity contribution in [1.82, 2.24) is 4.90 Å². The summed E-state index contributed by atoms with van der Waals surface area (Å²) in [6, 6.07) is 13.4. The van der Waals surface area contributed by atoms with Crippen molar-refractivity contribution in [3.05, 3.63) is 70.8 Å². The molecule has 3 rings (SSSR count). The molecule has 0 spiro atoms. The van der Waals surface area contributed by atoms with Crippen molar-refractivity contribution in [2.75, 3.05) is 13.1 Å². The molecule has 142 valence electrons. The van der Waals surface area contributed by atoms with Gasteiger partial charge in [-0.3, -0.25) is 4.79 Å². The number of benzene rings is 2. The largest absolute Gasteiger partial charge is 0.508 e. The minimum Gasteiger partial charge on any atom is -0.508 e. The fourth-order valence-electron chi connectivity index (χ4n) is 3.50. The molecule has 1 fully saturated rings. The van der Waals surface area contributed by atoms with Gasteiger partial charge in [-0.25, -0.2) is 0 Å². The molecular weight excluding hydrogens is 340 g/mol. The van der Waals surface area contributed by atoms with E-state index < -0.39 is 0 Å². The molecule has 1 heterocycles. The quantitative estimate of drug-likeness (QED) is 0.710. The standard InChI is InChI=1S/C22H26N2O3/c23-14-17-2-1-3-19(12-17)18-8-10-24(11-9-18)22(27)7-5-16-4-6-20(15-25)21(26)13-16/h1-7,12-13,18,25-26H,8-11,14-15,23H2. The summed E-state index contributed by atoms with van der Waals surface area (Å²) >= 11 is 0. The summed E-state index contributed by atoms with van der Waals surface area (Å²) in [6.07, 6.45) is 5.13.